The van der Waals surface area contributed by atoms with Crippen LogP contribution in [0.15, 0.2) is 6.07 Å². The molecule has 2 N–H and O–H groups in total. The van der Waals surface area contributed by atoms with Gasteiger partial charge in [-0.2, -0.15) is 0 Å². The maximum atomic E-state index is 5.68. The molecule has 0 saturated carbocycles. The molecular formula is C13H23N5. The minimum absolute atomic E-state index is 0.147. The highest BCUT2D eigenvalue weighted by Crippen LogP contribution is 2.22. The van der Waals surface area contributed by atoms with Crippen molar-refractivity contribution in [1.29, 1.82) is 0 Å². The molecule has 0 atom stereocenters. The number of aromatic nitrogens is 2. The Bertz CT molecular complexity index is 429. The van der Waals surface area contributed by atoms with Crippen LogP contribution in [-0.4, -0.2) is 47.1 Å². The van der Waals surface area contributed by atoms with Gasteiger partial charge < -0.3 is 10.6 Å². The van der Waals surface area contributed by atoms with E-state index in [1.54, 1.807) is 0 Å². The van der Waals surface area contributed by atoms with E-state index in [0.29, 0.717) is 6.54 Å². The summed E-state index contributed by atoms with van der Waals surface area (Å²) in [4.78, 5) is 13.7. The summed E-state index contributed by atoms with van der Waals surface area (Å²) >= 11 is 0. The second kappa shape index (κ2) is 4.82. The zero-order chi connectivity index (χ0) is 13.3. The van der Waals surface area contributed by atoms with Crippen LogP contribution in [0.2, 0.25) is 0 Å². The van der Waals surface area contributed by atoms with Crippen molar-refractivity contribution in [2.45, 2.75) is 32.9 Å². The molecule has 18 heavy (non-hydrogen) atoms. The van der Waals surface area contributed by atoms with Crippen LogP contribution in [0.4, 0.5) is 5.95 Å². The molecule has 0 spiro atoms. The number of hydrogen-bond acceptors (Lipinski definition) is 5. The molecule has 0 aromatic carbocycles. The Hall–Kier alpha value is -1.20. The molecule has 1 aromatic heterocycles. The number of nitrogens with zero attached hydrogens (tertiary/aromatic N) is 4. The summed E-state index contributed by atoms with van der Waals surface area (Å²) in [6, 6.07) is 1.95. The first-order chi connectivity index (χ1) is 8.42. The third-order valence-corrected chi connectivity index (χ3v) is 3.70. The van der Waals surface area contributed by atoms with E-state index in [0.717, 1.165) is 37.0 Å². The van der Waals surface area contributed by atoms with Crippen molar-refractivity contribution >= 4 is 5.95 Å². The summed E-state index contributed by atoms with van der Waals surface area (Å²) in [5.74, 6) is 0.816. The molecule has 100 valence electrons. The fourth-order valence-electron chi connectivity index (χ4n) is 2.27. The highest BCUT2D eigenvalue weighted by atomic mass is 15.3. The van der Waals surface area contributed by atoms with Crippen LogP contribution >= 0.6 is 0 Å². The minimum atomic E-state index is 0.147. The SMILES string of the molecule is Cc1cc(CN)nc(N2CCN(C)C(C)(C)C2)n1. The first-order valence-corrected chi connectivity index (χ1v) is 6.43. The normalized spacial score (nSPS) is 20.2. The summed E-state index contributed by atoms with van der Waals surface area (Å²) in [7, 11) is 2.17. The highest BCUT2D eigenvalue weighted by Gasteiger charge is 2.32. The van der Waals surface area contributed by atoms with Crippen LogP contribution in [0.25, 0.3) is 0 Å². The van der Waals surface area contributed by atoms with Crippen LogP contribution in [0.3, 0.4) is 0 Å². The average Bonchev–Trinajstić information content (AvgIpc) is 2.31. The van der Waals surface area contributed by atoms with E-state index in [-0.39, 0.29) is 5.54 Å². The Morgan fingerprint density at radius 3 is 2.67 bits per heavy atom. The van der Waals surface area contributed by atoms with Crippen LogP contribution in [0, 0.1) is 6.92 Å². The lowest BCUT2D eigenvalue weighted by atomic mass is 10.00. The van der Waals surface area contributed by atoms with Crippen LogP contribution in [0.1, 0.15) is 25.2 Å². The van der Waals surface area contributed by atoms with Gasteiger partial charge in [-0.1, -0.05) is 0 Å². The van der Waals surface area contributed by atoms with Crippen molar-refractivity contribution in [2.75, 3.05) is 31.6 Å². The van der Waals surface area contributed by atoms with Crippen LogP contribution in [-0.2, 0) is 6.54 Å². The standard InChI is InChI=1S/C13H23N5/c1-10-7-11(8-14)16-12(15-10)18-6-5-17(4)13(2,3)9-18/h7H,5-6,8-9,14H2,1-4H3. The van der Waals surface area contributed by atoms with Crippen LogP contribution in [0.5, 0.6) is 0 Å². The predicted octanol–water partition coefficient (Wildman–Crippen LogP) is 0.774. The molecular weight excluding hydrogens is 226 g/mol. The number of aryl methyl sites for hydroxylation is 1. The van der Waals surface area contributed by atoms with Gasteiger partial charge >= 0.3 is 0 Å². The molecule has 0 unspecified atom stereocenters. The number of hydrogen-bond donors (Lipinski definition) is 1. The van der Waals surface area contributed by atoms with E-state index >= 15 is 0 Å². The van der Waals surface area contributed by atoms with E-state index in [4.69, 9.17) is 5.73 Å². The lowest BCUT2D eigenvalue weighted by Crippen LogP contribution is -2.58. The summed E-state index contributed by atoms with van der Waals surface area (Å²) < 4.78 is 0. The molecule has 1 fully saturated rings. The number of likely N-dealkylation sites (N-methyl/N-ethyl adjacent to an activating group) is 1. The van der Waals surface area contributed by atoms with Gasteiger partial charge in [0.15, 0.2) is 0 Å². The van der Waals surface area contributed by atoms with E-state index < -0.39 is 0 Å². The second-order valence-electron chi connectivity index (χ2n) is 5.66. The maximum absolute atomic E-state index is 5.68. The molecule has 0 bridgehead atoms. The number of nitrogens with two attached hydrogens (primary N) is 1. The molecule has 1 aromatic rings. The zero-order valence-electron chi connectivity index (χ0n) is 11.8. The quantitative estimate of drug-likeness (QED) is 0.839. The first kappa shape index (κ1) is 13.2. The minimum Gasteiger partial charge on any atom is -0.338 e. The van der Waals surface area contributed by atoms with E-state index in [9.17, 15) is 0 Å². The summed E-state index contributed by atoms with van der Waals surface area (Å²) in [5, 5.41) is 0. The number of anilines is 1. The van der Waals surface area contributed by atoms with Gasteiger partial charge in [0.2, 0.25) is 5.95 Å². The second-order valence-corrected chi connectivity index (χ2v) is 5.66. The summed E-state index contributed by atoms with van der Waals surface area (Å²) in [6.07, 6.45) is 0. The fraction of sp³-hybridized carbons (Fsp3) is 0.692. The highest BCUT2D eigenvalue weighted by molar-refractivity contribution is 5.34. The smallest absolute Gasteiger partial charge is 0.225 e. The maximum Gasteiger partial charge on any atom is 0.225 e. The lowest BCUT2D eigenvalue weighted by molar-refractivity contribution is 0.138. The van der Waals surface area contributed by atoms with Gasteiger partial charge in [-0.15, -0.1) is 0 Å². The molecule has 0 aliphatic carbocycles. The fourth-order valence-corrected chi connectivity index (χ4v) is 2.27. The molecule has 5 heteroatoms. The number of rotatable bonds is 2. The Morgan fingerprint density at radius 2 is 2.06 bits per heavy atom. The van der Waals surface area contributed by atoms with Gasteiger partial charge in [0.1, 0.15) is 0 Å². The first-order valence-electron chi connectivity index (χ1n) is 6.43. The Balaban J connectivity index is 2.24. The molecule has 0 radical (unpaired) electrons. The molecule has 2 rings (SSSR count). The van der Waals surface area contributed by atoms with Crippen LogP contribution < -0.4 is 10.6 Å². The molecule has 1 aliphatic rings. The average molecular weight is 249 g/mol. The molecule has 1 saturated heterocycles. The Kier molecular flexibility index (Phi) is 3.54. The molecule has 5 nitrogen and oxygen atoms in total. The van der Waals surface area contributed by atoms with Gasteiger partial charge in [-0.3, -0.25) is 4.90 Å². The van der Waals surface area contributed by atoms with Crippen molar-refractivity contribution in [3.8, 4) is 0 Å². The van der Waals surface area contributed by atoms with Crippen molar-refractivity contribution in [1.82, 2.24) is 14.9 Å². The molecule has 0 amide bonds. The van der Waals surface area contributed by atoms with E-state index in [1.165, 1.54) is 0 Å². The van der Waals surface area contributed by atoms with E-state index in [1.807, 2.05) is 13.0 Å². The van der Waals surface area contributed by atoms with Crippen molar-refractivity contribution in [2.24, 2.45) is 5.73 Å². The van der Waals surface area contributed by atoms with Gasteiger partial charge in [-0.05, 0) is 33.9 Å². The molecule has 2 heterocycles. The predicted molar refractivity (Wildman–Crippen MR) is 73.6 cm³/mol. The van der Waals surface area contributed by atoms with Gasteiger partial charge in [0.05, 0.1) is 5.69 Å². The topological polar surface area (TPSA) is 58.3 Å². The molecule has 1 aliphatic heterocycles. The Morgan fingerprint density at radius 1 is 1.33 bits per heavy atom. The van der Waals surface area contributed by atoms with Gasteiger partial charge in [-0.25, -0.2) is 9.97 Å². The third kappa shape index (κ3) is 2.62. The van der Waals surface area contributed by atoms with Gasteiger partial charge in [0, 0.05) is 37.4 Å². The zero-order valence-corrected chi connectivity index (χ0v) is 11.8. The van der Waals surface area contributed by atoms with Gasteiger partial charge in [0.25, 0.3) is 0 Å². The third-order valence-electron chi connectivity index (χ3n) is 3.70. The summed E-state index contributed by atoms with van der Waals surface area (Å²) in [6.45, 7) is 9.89. The summed E-state index contributed by atoms with van der Waals surface area (Å²) in [5.41, 5.74) is 7.72. The monoisotopic (exact) mass is 249 g/mol. The lowest BCUT2D eigenvalue weighted by Gasteiger charge is -2.45. The van der Waals surface area contributed by atoms with Crippen molar-refractivity contribution in [3.63, 3.8) is 0 Å². The Labute approximate surface area is 109 Å². The number of piperazine rings is 1. The van der Waals surface area contributed by atoms with Crippen molar-refractivity contribution in [3.05, 3.63) is 17.5 Å². The van der Waals surface area contributed by atoms with Crippen molar-refractivity contribution < 1.29 is 0 Å². The largest absolute Gasteiger partial charge is 0.338 e. The van der Waals surface area contributed by atoms with E-state index in [2.05, 4.69) is 40.7 Å².